The van der Waals surface area contributed by atoms with Crippen LogP contribution in [0.25, 0.3) is 6.08 Å². The zero-order chi connectivity index (χ0) is 21.0. The Bertz CT molecular complexity index is 1080. The fourth-order valence-electron chi connectivity index (χ4n) is 2.62. The van der Waals surface area contributed by atoms with Gasteiger partial charge in [-0.1, -0.05) is 24.3 Å². The van der Waals surface area contributed by atoms with Crippen LogP contribution in [-0.4, -0.2) is 38.5 Å². The second-order valence-corrected chi connectivity index (χ2v) is 6.89. The number of hydrogen-bond acceptors (Lipinski definition) is 6. The molecule has 3 rings (SSSR count). The van der Waals surface area contributed by atoms with E-state index in [0.29, 0.717) is 16.4 Å². The number of carboxylic acid groups (broad SMARTS) is 1. The standard InChI is InChI=1S/C20H15N3O5S/c1-2-10-22-18(24)17(12-13-6-3-4-9-16(13)23(27)28)29-20(22)21-15-8-5-7-14(11-15)19(25)26/h2-9,11-12H,1,10H2,(H,25,26)/b17-12-,21-20?. The lowest BCUT2D eigenvalue weighted by Crippen LogP contribution is -2.29. The van der Waals surface area contributed by atoms with E-state index >= 15 is 0 Å². The number of carboxylic acids is 1. The molecule has 0 bridgehead atoms. The summed E-state index contributed by atoms with van der Waals surface area (Å²) in [5, 5.41) is 20.7. The van der Waals surface area contributed by atoms with E-state index in [0.717, 1.165) is 11.8 Å². The molecule has 0 unspecified atom stereocenters. The lowest BCUT2D eigenvalue weighted by Gasteiger charge is -2.12. The van der Waals surface area contributed by atoms with E-state index in [9.17, 15) is 19.7 Å². The number of carbonyl (C=O) groups is 2. The molecular weight excluding hydrogens is 394 g/mol. The van der Waals surface area contributed by atoms with Gasteiger partial charge in [-0.25, -0.2) is 9.79 Å². The van der Waals surface area contributed by atoms with Gasteiger partial charge in [0.15, 0.2) is 5.17 Å². The Morgan fingerprint density at radius 2 is 2.03 bits per heavy atom. The number of benzene rings is 2. The van der Waals surface area contributed by atoms with Gasteiger partial charge in [0.05, 0.1) is 26.6 Å². The summed E-state index contributed by atoms with van der Waals surface area (Å²) >= 11 is 1.06. The molecule has 8 nitrogen and oxygen atoms in total. The summed E-state index contributed by atoms with van der Waals surface area (Å²) in [4.78, 5) is 40.7. The van der Waals surface area contributed by atoms with Crippen LogP contribution in [0.15, 0.2) is 71.1 Å². The van der Waals surface area contributed by atoms with Gasteiger partial charge >= 0.3 is 5.97 Å². The van der Waals surface area contributed by atoms with Crippen LogP contribution >= 0.6 is 11.8 Å². The molecule has 1 aliphatic heterocycles. The van der Waals surface area contributed by atoms with Crippen molar-refractivity contribution < 1.29 is 19.6 Å². The number of thioether (sulfide) groups is 1. The summed E-state index contributed by atoms with van der Waals surface area (Å²) in [6.07, 6.45) is 2.99. The van der Waals surface area contributed by atoms with Crippen LogP contribution in [0.2, 0.25) is 0 Å². The van der Waals surface area contributed by atoms with Crippen LogP contribution in [0.4, 0.5) is 11.4 Å². The molecule has 1 fully saturated rings. The lowest BCUT2D eigenvalue weighted by molar-refractivity contribution is -0.385. The highest BCUT2D eigenvalue weighted by atomic mass is 32.2. The minimum atomic E-state index is -1.08. The fourth-order valence-corrected chi connectivity index (χ4v) is 3.62. The van der Waals surface area contributed by atoms with Crippen molar-refractivity contribution >= 4 is 46.3 Å². The van der Waals surface area contributed by atoms with Crippen molar-refractivity contribution in [1.82, 2.24) is 4.90 Å². The summed E-state index contributed by atoms with van der Waals surface area (Å²) in [5.74, 6) is -1.44. The maximum absolute atomic E-state index is 12.8. The van der Waals surface area contributed by atoms with Crippen molar-refractivity contribution in [3.8, 4) is 0 Å². The number of nitrogens with zero attached hydrogens (tertiary/aromatic N) is 3. The largest absolute Gasteiger partial charge is 0.478 e. The average Bonchev–Trinajstić information content (AvgIpc) is 2.97. The van der Waals surface area contributed by atoms with Gasteiger partial charge < -0.3 is 5.11 Å². The van der Waals surface area contributed by atoms with Crippen LogP contribution in [0.1, 0.15) is 15.9 Å². The van der Waals surface area contributed by atoms with Crippen LogP contribution in [0.5, 0.6) is 0 Å². The van der Waals surface area contributed by atoms with Gasteiger partial charge in [0, 0.05) is 12.6 Å². The molecule has 1 aliphatic rings. The highest BCUT2D eigenvalue weighted by Gasteiger charge is 2.33. The summed E-state index contributed by atoms with van der Waals surface area (Å²) in [6.45, 7) is 3.83. The summed E-state index contributed by atoms with van der Waals surface area (Å²) in [7, 11) is 0. The summed E-state index contributed by atoms with van der Waals surface area (Å²) in [5.41, 5.74) is 0.651. The first-order valence-corrected chi connectivity index (χ1v) is 9.20. The SMILES string of the molecule is C=CCN1C(=O)/C(=C/c2ccccc2[N+](=O)[O-])SC1=Nc1cccc(C(=O)O)c1. The van der Waals surface area contributed by atoms with Gasteiger partial charge in [0.2, 0.25) is 0 Å². The number of amides is 1. The molecule has 0 radical (unpaired) electrons. The molecule has 1 saturated heterocycles. The smallest absolute Gasteiger partial charge is 0.335 e. The molecule has 1 heterocycles. The molecule has 2 aromatic carbocycles. The third-order valence-corrected chi connectivity index (χ3v) is 4.94. The Morgan fingerprint density at radius 3 is 2.72 bits per heavy atom. The van der Waals surface area contributed by atoms with Crippen LogP contribution < -0.4 is 0 Å². The molecule has 29 heavy (non-hydrogen) atoms. The van der Waals surface area contributed by atoms with Crippen molar-refractivity contribution in [2.45, 2.75) is 0 Å². The third-order valence-electron chi connectivity index (χ3n) is 3.94. The third kappa shape index (κ3) is 4.41. The molecule has 0 aliphatic carbocycles. The molecule has 9 heteroatoms. The van der Waals surface area contributed by atoms with Crippen molar-refractivity contribution in [3.05, 3.63) is 87.3 Å². The first kappa shape index (κ1) is 20.0. The number of carbonyl (C=O) groups excluding carboxylic acids is 1. The zero-order valence-corrected chi connectivity index (χ0v) is 15.8. The molecule has 2 aromatic rings. The van der Waals surface area contributed by atoms with Crippen LogP contribution in [-0.2, 0) is 4.79 Å². The van der Waals surface area contributed by atoms with E-state index < -0.39 is 10.9 Å². The highest BCUT2D eigenvalue weighted by molar-refractivity contribution is 8.18. The second kappa shape index (κ2) is 8.53. The molecule has 146 valence electrons. The van der Waals surface area contributed by atoms with Gasteiger partial charge in [-0.15, -0.1) is 6.58 Å². The monoisotopic (exact) mass is 409 g/mol. The molecule has 0 atom stereocenters. The Morgan fingerprint density at radius 1 is 1.28 bits per heavy atom. The Hall–Kier alpha value is -3.72. The fraction of sp³-hybridized carbons (Fsp3) is 0.0500. The van der Waals surface area contributed by atoms with Crippen molar-refractivity contribution in [3.63, 3.8) is 0 Å². The molecule has 1 amide bonds. The van der Waals surface area contributed by atoms with Gasteiger partial charge in [-0.2, -0.15) is 0 Å². The quantitative estimate of drug-likeness (QED) is 0.333. The van der Waals surface area contributed by atoms with E-state index in [-0.39, 0.29) is 28.6 Å². The Labute approximate surface area is 170 Å². The number of aliphatic imine (C=N–C) groups is 1. The van der Waals surface area contributed by atoms with Crippen LogP contribution in [0, 0.1) is 10.1 Å². The molecule has 0 spiro atoms. The van der Waals surface area contributed by atoms with Gasteiger partial charge in [0.25, 0.3) is 11.6 Å². The van der Waals surface area contributed by atoms with E-state index in [1.807, 2.05) is 0 Å². The maximum Gasteiger partial charge on any atom is 0.335 e. The average molecular weight is 409 g/mol. The number of hydrogen-bond donors (Lipinski definition) is 1. The number of nitro benzene ring substituents is 1. The molecular formula is C20H15N3O5S. The lowest BCUT2D eigenvalue weighted by atomic mass is 10.1. The maximum atomic E-state index is 12.8. The van der Waals surface area contributed by atoms with E-state index in [1.165, 1.54) is 35.3 Å². The van der Waals surface area contributed by atoms with Crippen molar-refractivity contribution in [2.75, 3.05) is 6.54 Å². The number of para-hydroxylation sites is 1. The normalized spacial score (nSPS) is 16.4. The Balaban J connectivity index is 2.01. The second-order valence-electron chi connectivity index (χ2n) is 5.88. The topological polar surface area (TPSA) is 113 Å². The molecule has 0 aromatic heterocycles. The number of amidine groups is 1. The first-order valence-electron chi connectivity index (χ1n) is 8.38. The van der Waals surface area contributed by atoms with Crippen LogP contribution in [0.3, 0.4) is 0 Å². The summed E-state index contributed by atoms with van der Waals surface area (Å²) in [6, 6.07) is 12.2. The van der Waals surface area contributed by atoms with Crippen molar-refractivity contribution in [2.24, 2.45) is 4.99 Å². The number of nitro groups is 1. The van der Waals surface area contributed by atoms with Gasteiger partial charge in [0.1, 0.15) is 0 Å². The van der Waals surface area contributed by atoms with Gasteiger partial charge in [-0.3, -0.25) is 19.8 Å². The minimum absolute atomic E-state index is 0.0760. The predicted molar refractivity (Wildman–Crippen MR) is 111 cm³/mol. The highest BCUT2D eigenvalue weighted by Crippen LogP contribution is 2.35. The Kier molecular flexibility index (Phi) is 5.89. The molecule has 1 N–H and O–H groups in total. The zero-order valence-electron chi connectivity index (χ0n) is 15.0. The molecule has 0 saturated carbocycles. The van der Waals surface area contributed by atoms with Gasteiger partial charge in [-0.05, 0) is 42.1 Å². The minimum Gasteiger partial charge on any atom is -0.478 e. The van der Waals surface area contributed by atoms with E-state index in [1.54, 1.807) is 30.3 Å². The van der Waals surface area contributed by atoms with E-state index in [2.05, 4.69) is 11.6 Å². The predicted octanol–water partition coefficient (Wildman–Crippen LogP) is 4.08. The summed E-state index contributed by atoms with van der Waals surface area (Å²) < 4.78 is 0. The van der Waals surface area contributed by atoms with E-state index in [4.69, 9.17) is 5.11 Å². The number of rotatable bonds is 6. The van der Waals surface area contributed by atoms with Crippen molar-refractivity contribution in [1.29, 1.82) is 0 Å². The first-order chi connectivity index (χ1) is 13.9. The number of aromatic carboxylic acids is 1.